The van der Waals surface area contributed by atoms with Gasteiger partial charge in [0, 0.05) is 12.5 Å². The molecule has 23 heavy (non-hydrogen) atoms. The maximum Gasteiger partial charge on any atom is 0.225 e. The zero-order valence-corrected chi connectivity index (χ0v) is 13.8. The van der Waals surface area contributed by atoms with E-state index in [2.05, 4.69) is 35.5 Å². The van der Waals surface area contributed by atoms with E-state index in [0.29, 0.717) is 12.5 Å². The van der Waals surface area contributed by atoms with Crippen LogP contribution in [-0.4, -0.2) is 15.7 Å². The number of benzene rings is 1. The summed E-state index contributed by atoms with van der Waals surface area (Å²) < 4.78 is 2.00. The van der Waals surface area contributed by atoms with Crippen molar-refractivity contribution < 1.29 is 4.79 Å². The lowest BCUT2D eigenvalue weighted by Crippen LogP contribution is -2.20. The van der Waals surface area contributed by atoms with E-state index in [1.165, 1.54) is 30.4 Å². The van der Waals surface area contributed by atoms with E-state index in [1.807, 2.05) is 16.8 Å². The molecule has 1 heterocycles. The molecular weight excluding hydrogens is 286 g/mol. The van der Waals surface area contributed by atoms with Crippen molar-refractivity contribution in [3.63, 3.8) is 0 Å². The third kappa shape index (κ3) is 4.21. The lowest BCUT2D eigenvalue weighted by molar-refractivity contribution is -0.116. The molecule has 0 atom stereocenters. The second-order valence-electron chi connectivity index (χ2n) is 6.49. The van der Waals surface area contributed by atoms with Gasteiger partial charge in [-0.1, -0.05) is 49.1 Å². The van der Waals surface area contributed by atoms with Gasteiger partial charge >= 0.3 is 0 Å². The van der Waals surface area contributed by atoms with E-state index in [0.717, 1.165) is 25.1 Å². The first kappa shape index (κ1) is 15.8. The van der Waals surface area contributed by atoms with E-state index in [-0.39, 0.29) is 5.91 Å². The van der Waals surface area contributed by atoms with E-state index in [9.17, 15) is 4.79 Å². The van der Waals surface area contributed by atoms with Crippen LogP contribution in [0.3, 0.4) is 0 Å². The number of nitrogens with one attached hydrogen (secondary N) is 1. The van der Waals surface area contributed by atoms with E-state index < -0.39 is 0 Å². The third-order valence-corrected chi connectivity index (χ3v) is 4.58. The zero-order chi connectivity index (χ0) is 16.1. The normalized spacial score (nSPS) is 15.5. The smallest absolute Gasteiger partial charge is 0.225 e. The Bertz CT molecular complexity index is 656. The number of rotatable bonds is 5. The number of amides is 1. The van der Waals surface area contributed by atoms with Crippen LogP contribution in [0.4, 0.5) is 5.82 Å². The van der Waals surface area contributed by atoms with Gasteiger partial charge in [0.25, 0.3) is 0 Å². The van der Waals surface area contributed by atoms with Gasteiger partial charge in [-0.15, -0.1) is 0 Å². The monoisotopic (exact) mass is 311 g/mol. The van der Waals surface area contributed by atoms with Crippen LogP contribution < -0.4 is 5.32 Å². The van der Waals surface area contributed by atoms with Crippen LogP contribution in [0, 0.1) is 6.92 Å². The number of aromatic nitrogens is 2. The second kappa shape index (κ2) is 7.44. The van der Waals surface area contributed by atoms with Crippen molar-refractivity contribution in [1.82, 2.24) is 9.78 Å². The molecule has 0 bridgehead atoms. The number of carbonyl (C=O) groups excluding carboxylic acids is 1. The molecule has 0 radical (unpaired) electrons. The summed E-state index contributed by atoms with van der Waals surface area (Å²) in [6.45, 7) is 2.08. The van der Waals surface area contributed by atoms with Crippen LogP contribution in [0.5, 0.6) is 0 Å². The summed E-state index contributed by atoms with van der Waals surface area (Å²) in [5, 5.41) is 7.46. The molecule has 0 spiro atoms. The highest BCUT2D eigenvalue weighted by Crippen LogP contribution is 2.29. The van der Waals surface area contributed by atoms with Gasteiger partial charge in [0.2, 0.25) is 5.91 Å². The first-order valence-corrected chi connectivity index (χ1v) is 8.61. The van der Waals surface area contributed by atoms with Crippen molar-refractivity contribution in [2.75, 3.05) is 5.32 Å². The van der Waals surface area contributed by atoms with Crippen LogP contribution in [0.2, 0.25) is 0 Å². The highest BCUT2D eigenvalue weighted by Gasteiger charge is 2.19. The van der Waals surface area contributed by atoms with Crippen molar-refractivity contribution in [3.8, 4) is 0 Å². The summed E-state index contributed by atoms with van der Waals surface area (Å²) in [4.78, 5) is 12.3. The summed E-state index contributed by atoms with van der Waals surface area (Å²) in [6.07, 6.45) is 9.20. The molecule has 122 valence electrons. The molecule has 1 aliphatic carbocycles. The minimum atomic E-state index is 0.0593. The van der Waals surface area contributed by atoms with Gasteiger partial charge in [-0.3, -0.25) is 4.79 Å². The summed E-state index contributed by atoms with van der Waals surface area (Å²) in [5.74, 6) is 0.898. The Balaban J connectivity index is 1.57. The average Bonchev–Trinajstić information content (AvgIpc) is 3.02. The number of hydrogen-bond acceptors (Lipinski definition) is 2. The molecule has 4 nitrogen and oxygen atoms in total. The first-order valence-electron chi connectivity index (χ1n) is 8.61. The summed E-state index contributed by atoms with van der Waals surface area (Å²) >= 11 is 0. The van der Waals surface area contributed by atoms with Gasteiger partial charge in [0.1, 0.15) is 5.82 Å². The van der Waals surface area contributed by atoms with Gasteiger partial charge in [-0.25, -0.2) is 4.68 Å². The summed E-state index contributed by atoms with van der Waals surface area (Å²) in [6, 6.07) is 10.7. The second-order valence-corrected chi connectivity index (χ2v) is 6.49. The molecule has 1 aromatic heterocycles. The Morgan fingerprint density at radius 3 is 2.87 bits per heavy atom. The number of nitrogens with zero attached hydrogens (tertiary/aromatic N) is 2. The van der Waals surface area contributed by atoms with E-state index in [4.69, 9.17) is 0 Å². The summed E-state index contributed by atoms with van der Waals surface area (Å²) in [7, 11) is 0. The zero-order valence-electron chi connectivity index (χ0n) is 13.8. The highest BCUT2D eigenvalue weighted by molar-refractivity contribution is 5.89. The quantitative estimate of drug-likeness (QED) is 0.896. The molecule has 1 aromatic carbocycles. The molecule has 2 aromatic rings. The number of hydrogen-bond donors (Lipinski definition) is 1. The van der Waals surface area contributed by atoms with Gasteiger partial charge in [-0.05, 0) is 31.7 Å². The molecule has 3 rings (SSSR count). The van der Waals surface area contributed by atoms with Crippen LogP contribution in [0.25, 0.3) is 0 Å². The van der Waals surface area contributed by atoms with Crippen LogP contribution >= 0.6 is 0 Å². The minimum absolute atomic E-state index is 0.0593. The Kier molecular flexibility index (Phi) is 5.11. The Morgan fingerprint density at radius 2 is 2.09 bits per heavy atom. The fourth-order valence-corrected chi connectivity index (χ4v) is 3.36. The van der Waals surface area contributed by atoms with Crippen LogP contribution in [0.1, 0.15) is 55.7 Å². The molecule has 1 aliphatic rings. The van der Waals surface area contributed by atoms with Crippen molar-refractivity contribution in [2.24, 2.45) is 0 Å². The molecule has 4 heteroatoms. The average molecular weight is 311 g/mol. The van der Waals surface area contributed by atoms with E-state index >= 15 is 0 Å². The molecule has 0 saturated heterocycles. The van der Waals surface area contributed by atoms with Crippen molar-refractivity contribution in [1.29, 1.82) is 0 Å². The lowest BCUT2D eigenvalue weighted by Gasteiger charge is -2.23. The Hall–Kier alpha value is -2.10. The Morgan fingerprint density at radius 1 is 1.26 bits per heavy atom. The highest BCUT2D eigenvalue weighted by atomic mass is 16.1. The number of carbonyl (C=O) groups is 1. The fourth-order valence-electron chi connectivity index (χ4n) is 3.36. The standard InChI is InChI=1S/C19H25N3O/c1-15-6-5-7-16(14-15)10-11-19(23)21-18-12-13-20-22(18)17-8-3-2-4-9-17/h5-7,12-14,17H,2-4,8-11H2,1H3,(H,21,23). The molecule has 0 unspecified atom stereocenters. The topological polar surface area (TPSA) is 46.9 Å². The molecule has 0 aliphatic heterocycles. The number of anilines is 1. The third-order valence-electron chi connectivity index (χ3n) is 4.58. The molecule has 1 fully saturated rings. The summed E-state index contributed by atoms with van der Waals surface area (Å²) in [5.41, 5.74) is 2.44. The first-order chi connectivity index (χ1) is 11.2. The predicted molar refractivity (Wildman–Crippen MR) is 92.5 cm³/mol. The molecule has 1 saturated carbocycles. The predicted octanol–water partition coefficient (Wildman–Crippen LogP) is 4.27. The van der Waals surface area contributed by atoms with Crippen molar-refractivity contribution in [2.45, 2.75) is 57.9 Å². The Labute approximate surface area is 137 Å². The van der Waals surface area contributed by atoms with Gasteiger partial charge in [0.15, 0.2) is 0 Å². The van der Waals surface area contributed by atoms with Gasteiger partial charge in [-0.2, -0.15) is 5.10 Å². The van der Waals surface area contributed by atoms with Crippen LogP contribution in [0.15, 0.2) is 36.5 Å². The number of aryl methyl sites for hydroxylation is 2. The SMILES string of the molecule is Cc1cccc(CCC(=O)Nc2ccnn2C2CCCCC2)c1. The van der Waals surface area contributed by atoms with Crippen molar-refractivity contribution >= 4 is 11.7 Å². The van der Waals surface area contributed by atoms with Gasteiger partial charge in [0.05, 0.1) is 12.2 Å². The maximum absolute atomic E-state index is 12.3. The lowest BCUT2D eigenvalue weighted by atomic mass is 9.96. The largest absolute Gasteiger partial charge is 0.311 e. The molecular formula is C19H25N3O. The minimum Gasteiger partial charge on any atom is -0.311 e. The molecule has 1 amide bonds. The van der Waals surface area contributed by atoms with Crippen molar-refractivity contribution in [3.05, 3.63) is 47.7 Å². The molecule has 1 N–H and O–H groups in total. The van der Waals surface area contributed by atoms with Crippen LogP contribution in [-0.2, 0) is 11.2 Å². The fraction of sp³-hybridized carbons (Fsp3) is 0.474. The van der Waals surface area contributed by atoms with E-state index in [1.54, 1.807) is 6.20 Å². The van der Waals surface area contributed by atoms with Gasteiger partial charge < -0.3 is 5.32 Å². The maximum atomic E-state index is 12.3.